The van der Waals surface area contributed by atoms with Crippen molar-refractivity contribution in [2.24, 2.45) is 0 Å². The van der Waals surface area contributed by atoms with Gasteiger partial charge in [-0.1, -0.05) is 18.2 Å². The quantitative estimate of drug-likeness (QED) is 0.711. The Morgan fingerprint density at radius 1 is 1.08 bits per heavy atom. The van der Waals surface area contributed by atoms with Gasteiger partial charge in [-0.15, -0.1) is 0 Å². The van der Waals surface area contributed by atoms with Gasteiger partial charge in [0.15, 0.2) is 11.5 Å². The first-order valence-corrected chi connectivity index (χ1v) is 8.72. The highest BCUT2D eigenvalue weighted by molar-refractivity contribution is 5.94. The number of carbonyl (C=O) groups excluding carboxylic acids is 1. The zero-order valence-electron chi connectivity index (χ0n) is 14.1. The smallest absolute Gasteiger partial charge is 0.274 e. The number of fused-ring (bicyclic) bond motifs is 2. The maximum atomic E-state index is 13.1. The Balaban J connectivity index is 1.46. The number of likely N-dealkylation sites (tertiary alicyclic amines) is 1. The molecule has 0 spiro atoms. The van der Waals surface area contributed by atoms with E-state index in [0.29, 0.717) is 12.2 Å². The summed E-state index contributed by atoms with van der Waals surface area (Å²) in [5, 5.41) is 0. The van der Waals surface area contributed by atoms with Crippen LogP contribution in [0.3, 0.4) is 0 Å². The molecule has 1 unspecified atom stereocenters. The van der Waals surface area contributed by atoms with Crippen LogP contribution in [0.1, 0.15) is 34.9 Å². The zero-order chi connectivity index (χ0) is 17.5. The lowest BCUT2D eigenvalue weighted by Gasteiger charge is -2.25. The monoisotopic (exact) mass is 347 g/mol. The van der Waals surface area contributed by atoms with Gasteiger partial charge in [-0.25, -0.2) is 4.98 Å². The lowest BCUT2D eigenvalue weighted by Crippen LogP contribution is -2.31. The molecule has 0 saturated carbocycles. The number of carbonyl (C=O) groups is 1. The third kappa shape index (κ3) is 2.45. The maximum absolute atomic E-state index is 13.1. The number of para-hydroxylation sites is 2. The second-order valence-corrected chi connectivity index (χ2v) is 6.51. The van der Waals surface area contributed by atoms with Gasteiger partial charge in [0.1, 0.15) is 5.69 Å². The van der Waals surface area contributed by atoms with Crippen LogP contribution in [0.5, 0.6) is 11.5 Å². The van der Waals surface area contributed by atoms with E-state index in [9.17, 15) is 4.79 Å². The molecule has 1 amide bonds. The zero-order valence-corrected chi connectivity index (χ0v) is 14.1. The second kappa shape index (κ2) is 5.98. The molecule has 1 saturated heterocycles. The number of hydrogen-bond donors (Lipinski definition) is 0. The Bertz CT molecular complexity index is 1000. The number of hydrogen-bond acceptors (Lipinski definition) is 5. The van der Waals surface area contributed by atoms with Crippen LogP contribution >= 0.6 is 0 Å². The van der Waals surface area contributed by atoms with Crippen molar-refractivity contribution < 1.29 is 14.3 Å². The van der Waals surface area contributed by atoms with Crippen molar-refractivity contribution in [3.05, 3.63) is 59.9 Å². The molecule has 0 radical (unpaired) electrons. The van der Waals surface area contributed by atoms with E-state index < -0.39 is 0 Å². The first-order valence-electron chi connectivity index (χ1n) is 8.72. The second-order valence-electron chi connectivity index (χ2n) is 6.51. The van der Waals surface area contributed by atoms with Crippen LogP contribution in [0.4, 0.5) is 0 Å². The van der Waals surface area contributed by atoms with Crippen LogP contribution in [0.15, 0.2) is 48.7 Å². The molecule has 3 heterocycles. The van der Waals surface area contributed by atoms with Gasteiger partial charge >= 0.3 is 0 Å². The molecule has 2 aliphatic heterocycles. The van der Waals surface area contributed by atoms with E-state index in [1.165, 1.54) is 0 Å². The van der Waals surface area contributed by atoms with E-state index >= 15 is 0 Å². The van der Waals surface area contributed by atoms with Gasteiger partial charge < -0.3 is 14.4 Å². The van der Waals surface area contributed by atoms with Gasteiger partial charge in [-0.3, -0.25) is 9.78 Å². The predicted octanol–water partition coefficient (Wildman–Crippen LogP) is 3.34. The highest BCUT2D eigenvalue weighted by Gasteiger charge is 2.32. The van der Waals surface area contributed by atoms with Crippen molar-refractivity contribution in [2.45, 2.75) is 18.9 Å². The Kier molecular flexibility index (Phi) is 3.48. The van der Waals surface area contributed by atoms with E-state index in [2.05, 4.69) is 9.97 Å². The summed E-state index contributed by atoms with van der Waals surface area (Å²) in [4.78, 5) is 23.8. The number of ether oxygens (including phenoxy) is 2. The summed E-state index contributed by atoms with van der Waals surface area (Å²) in [5.41, 5.74) is 2.97. The first-order chi connectivity index (χ1) is 12.8. The minimum Gasteiger partial charge on any atom is -0.454 e. The highest BCUT2D eigenvalue weighted by Crippen LogP contribution is 2.39. The Labute approximate surface area is 150 Å². The van der Waals surface area contributed by atoms with Crippen LogP contribution in [-0.4, -0.2) is 34.1 Å². The molecule has 2 aromatic carbocycles. The molecule has 1 aromatic heterocycles. The van der Waals surface area contributed by atoms with Gasteiger partial charge in [0.05, 0.1) is 23.3 Å². The van der Waals surface area contributed by atoms with Gasteiger partial charge in [-0.2, -0.15) is 0 Å². The van der Waals surface area contributed by atoms with E-state index in [1.54, 1.807) is 6.20 Å². The molecule has 0 bridgehead atoms. The summed E-state index contributed by atoms with van der Waals surface area (Å²) in [6, 6.07) is 13.5. The average molecular weight is 347 g/mol. The largest absolute Gasteiger partial charge is 0.454 e. The molecule has 3 aromatic rings. The number of benzene rings is 2. The lowest BCUT2D eigenvalue weighted by atomic mass is 10.0. The van der Waals surface area contributed by atoms with Gasteiger partial charge in [0, 0.05) is 6.54 Å². The molecule has 5 rings (SSSR count). The standard InChI is InChI=1S/C20H17N3O3/c24-20(16-11-21-14-4-1-2-5-15(14)22-16)23-9-3-6-17(23)13-7-8-18-19(10-13)26-12-25-18/h1-2,4-5,7-8,10-11,17H,3,6,9,12H2. The van der Waals surface area contributed by atoms with Crippen LogP contribution in [-0.2, 0) is 0 Å². The summed E-state index contributed by atoms with van der Waals surface area (Å²) >= 11 is 0. The van der Waals surface area contributed by atoms with Crippen molar-refractivity contribution in [1.82, 2.24) is 14.9 Å². The number of aromatic nitrogens is 2. The Morgan fingerprint density at radius 2 is 1.92 bits per heavy atom. The molecule has 6 heteroatoms. The summed E-state index contributed by atoms with van der Waals surface area (Å²) < 4.78 is 10.9. The topological polar surface area (TPSA) is 64.6 Å². The molecule has 1 fully saturated rings. The van der Waals surface area contributed by atoms with Crippen molar-refractivity contribution in [2.75, 3.05) is 13.3 Å². The van der Waals surface area contributed by atoms with Crippen LogP contribution in [0, 0.1) is 0 Å². The summed E-state index contributed by atoms with van der Waals surface area (Å²) in [5.74, 6) is 1.42. The minimum atomic E-state index is -0.0802. The predicted molar refractivity (Wildman–Crippen MR) is 95.1 cm³/mol. The summed E-state index contributed by atoms with van der Waals surface area (Å²) in [6.07, 6.45) is 3.46. The van der Waals surface area contributed by atoms with E-state index in [0.717, 1.165) is 40.9 Å². The number of amides is 1. The normalized spacial score (nSPS) is 18.5. The lowest BCUT2D eigenvalue weighted by molar-refractivity contribution is 0.0729. The molecule has 26 heavy (non-hydrogen) atoms. The number of nitrogens with zero attached hydrogens (tertiary/aromatic N) is 3. The fraction of sp³-hybridized carbons (Fsp3) is 0.250. The Morgan fingerprint density at radius 3 is 2.85 bits per heavy atom. The van der Waals surface area contributed by atoms with E-state index in [1.807, 2.05) is 47.4 Å². The van der Waals surface area contributed by atoms with Crippen LogP contribution < -0.4 is 9.47 Å². The molecular formula is C20H17N3O3. The molecule has 2 aliphatic rings. The minimum absolute atomic E-state index is 0.0188. The van der Waals surface area contributed by atoms with Gasteiger partial charge in [0.25, 0.3) is 5.91 Å². The molecule has 6 nitrogen and oxygen atoms in total. The SMILES string of the molecule is O=C(c1cnc2ccccc2n1)N1CCCC1c1ccc2c(c1)OCO2. The van der Waals surface area contributed by atoms with Gasteiger partial charge in [-0.05, 0) is 42.7 Å². The molecular weight excluding hydrogens is 330 g/mol. The molecule has 130 valence electrons. The van der Waals surface area contributed by atoms with Crippen molar-refractivity contribution in [1.29, 1.82) is 0 Å². The van der Waals surface area contributed by atoms with Crippen molar-refractivity contribution in [3.63, 3.8) is 0 Å². The van der Waals surface area contributed by atoms with Crippen LogP contribution in [0.2, 0.25) is 0 Å². The highest BCUT2D eigenvalue weighted by atomic mass is 16.7. The van der Waals surface area contributed by atoms with E-state index in [4.69, 9.17) is 9.47 Å². The Hall–Kier alpha value is -3.15. The molecule has 1 atom stereocenters. The molecule has 0 N–H and O–H groups in total. The van der Waals surface area contributed by atoms with Gasteiger partial charge in [0.2, 0.25) is 6.79 Å². The fourth-order valence-corrected chi connectivity index (χ4v) is 3.68. The first kappa shape index (κ1) is 15.1. The van der Waals surface area contributed by atoms with Crippen molar-refractivity contribution in [3.8, 4) is 11.5 Å². The maximum Gasteiger partial charge on any atom is 0.274 e. The third-order valence-electron chi connectivity index (χ3n) is 4.96. The average Bonchev–Trinajstić information content (AvgIpc) is 3.35. The summed E-state index contributed by atoms with van der Waals surface area (Å²) in [7, 11) is 0. The van der Waals surface area contributed by atoms with E-state index in [-0.39, 0.29) is 18.7 Å². The number of rotatable bonds is 2. The molecule has 0 aliphatic carbocycles. The third-order valence-corrected chi connectivity index (χ3v) is 4.96. The fourth-order valence-electron chi connectivity index (χ4n) is 3.68. The van der Waals surface area contributed by atoms with Crippen LogP contribution in [0.25, 0.3) is 11.0 Å². The van der Waals surface area contributed by atoms with Crippen molar-refractivity contribution >= 4 is 16.9 Å². The summed E-state index contributed by atoms with van der Waals surface area (Å²) in [6.45, 7) is 0.964.